The Morgan fingerprint density at radius 1 is 1.40 bits per heavy atom. The van der Waals surface area contributed by atoms with E-state index < -0.39 is 11.3 Å². The zero-order valence-corrected chi connectivity index (χ0v) is 12.7. The Kier molecular flexibility index (Phi) is 4.07. The minimum atomic E-state index is -1.48. The Balaban J connectivity index is 2.38. The van der Waals surface area contributed by atoms with Gasteiger partial charge in [-0.1, -0.05) is 12.1 Å². The molecule has 1 saturated heterocycles. The first-order valence-electron chi connectivity index (χ1n) is 7.00. The predicted molar refractivity (Wildman–Crippen MR) is 77.6 cm³/mol. The second-order valence-corrected chi connectivity index (χ2v) is 6.62. The van der Waals surface area contributed by atoms with Gasteiger partial charge in [-0.25, -0.2) is 4.39 Å². The van der Waals surface area contributed by atoms with E-state index in [2.05, 4.69) is 0 Å². The van der Waals surface area contributed by atoms with E-state index in [9.17, 15) is 5.11 Å². The van der Waals surface area contributed by atoms with Crippen molar-refractivity contribution < 1.29 is 14.2 Å². The van der Waals surface area contributed by atoms with Crippen molar-refractivity contribution in [1.29, 1.82) is 0 Å². The highest BCUT2D eigenvalue weighted by molar-refractivity contribution is 5.33. The Labute approximate surface area is 120 Å². The maximum absolute atomic E-state index is 15.8. The van der Waals surface area contributed by atoms with Crippen LogP contribution in [0.25, 0.3) is 0 Å². The molecule has 20 heavy (non-hydrogen) atoms. The highest BCUT2D eigenvalue weighted by Crippen LogP contribution is 2.46. The number of aromatic hydroxyl groups is 1. The molecule has 0 spiro atoms. The lowest BCUT2D eigenvalue weighted by Gasteiger charge is -2.46. The van der Waals surface area contributed by atoms with Gasteiger partial charge in [-0.15, -0.1) is 0 Å². The van der Waals surface area contributed by atoms with Crippen LogP contribution in [0.5, 0.6) is 5.75 Å². The molecule has 2 rings (SSSR count). The molecule has 0 aromatic heterocycles. The van der Waals surface area contributed by atoms with Crippen molar-refractivity contribution in [3.8, 4) is 5.75 Å². The van der Waals surface area contributed by atoms with Gasteiger partial charge >= 0.3 is 0 Å². The van der Waals surface area contributed by atoms with Crippen LogP contribution in [0.2, 0.25) is 0 Å². The summed E-state index contributed by atoms with van der Waals surface area (Å²) in [5, 5.41) is 9.65. The topological polar surface area (TPSA) is 32.7 Å². The second kappa shape index (κ2) is 5.34. The van der Waals surface area contributed by atoms with Gasteiger partial charge in [0.1, 0.15) is 11.4 Å². The van der Waals surface area contributed by atoms with Gasteiger partial charge in [0.2, 0.25) is 0 Å². The molecule has 2 atom stereocenters. The molecule has 0 aliphatic carbocycles. The van der Waals surface area contributed by atoms with Crippen molar-refractivity contribution in [3.63, 3.8) is 0 Å². The minimum absolute atomic E-state index is 0.104. The van der Waals surface area contributed by atoms with E-state index in [-0.39, 0.29) is 11.7 Å². The molecule has 1 N–H and O–H groups in total. The van der Waals surface area contributed by atoms with E-state index in [1.54, 1.807) is 18.2 Å². The molecule has 2 unspecified atom stereocenters. The molecule has 0 amide bonds. The first-order valence-corrected chi connectivity index (χ1v) is 7.00. The quantitative estimate of drug-likeness (QED) is 0.924. The summed E-state index contributed by atoms with van der Waals surface area (Å²) in [6.07, 6.45) is 0.294. The third-order valence-corrected chi connectivity index (χ3v) is 3.92. The lowest BCUT2D eigenvalue weighted by Crippen LogP contribution is -2.51. The molecule has 1 heterocycles. The summed E-state index contributed by atoms with van der Waals surface area (Å²) in [4.78, 5) is 1.98. The number of phenolic OH excluding ortho intramolecular Hbond substituents is 1. The van der Waals surface area contributed by atoms with Crippen LogP contribution in [-0.2, 0) is 10.4 Å². The maximum atomic E-state index is 15.8. The number of benzene rings is 1. The highest BCUT2D eigenvalue weighted by atomic mass is 19.1. The smallest absolute Gasteiger partial charge is 0.145 e. The third kappa shape index (κ3) is 3.13. The third-order valence-electron chi connectivity index (χ3n) is 3.92. The molecule has 1 aliphatic heterocycles. The summed E-state index contributed by atoms with van der Waals surface area (Å²) < 4.78 is 21.6. The minimum Gasteiger partial charge on any atom is -0.508 e. The van der Waals surface area contributed by atoms with Crippen molar-refractivity contribution in [1.82, 2.24) is 4.90 Å². The SMILES string of the molecule is CN(C)CC1COC(C)(C)CC1(F)c1cccc(O)c1. The standard InChI is InChI=1S/C16H24FNO2/c1-15(2)11-16(17,12-6-5-7-14(19)8-12)13(10-20-15)9-18(3)4/h5-8,13,19H,9-11H2,1-4H3. The van der Waals surface area contributed by atoms with Gasteiger partial charge < -0.3 is 14.7 Å². The van der Waals surface area contributed by atoms with Crippen molar-refractivity contribution >= 4 is 0 Å². The summed E-state index contributed by atoms with van der Waals surface area (Å²) in [7, 11) is 3.87. The molecule has 112 valence electrons. The molecular weight excluding hydrogens is 257 g/mol. The van der Waals surface area contributed by atoms with Crippen LogP contribution in [-0.4, -0.2) is 42.9 Å². The molecule has 1 fully saturated rings. The number of rotatable bonds is 3. The van der Waals surface area contributed by atoms with Crippen LogP contribution in [0.3, 0.4) is 0 Å². The van der Waals surface area contributed by atoms with Crippen LogP contribution in [0.4, 0.5) is 4.39 Å². The number of nitrogens with zero attached hydrogens (tertiary/aromatic N) is 1. The number of hydrogen-bond donors (Lipinski definition) is 1. The highest BCUT2D eigenvalue weighted by Gasteiger charge is 2.49. The fourth-order valence-electron chi connectivity index (χ4n) is 3.01. The lowest BCUT2D eigenvalue weighted by atomic mass is 9.74. The Bertz CT molecular complexity index is 475. The molecule has 0 saturated carbocycles. The van der Waals surface area contributed by atoms with Crippen LogP contribution < -0.4 is 0 Å². The number of ether oxygens (including phenoxy) is 1. The van der Waals surface area contributed by atoms with E-state index in [1.165, 1.54) is 6.07 Å². The van der Waals surface area contributed by atoms with Crippen LogP contribution >= 0.6 is 0 Å². The predicted octanol–water partition coefficient (Wildman–Crippen LogP) is 2.93. The van der Waals surface area contributed by atoms with Gasteiger partial charge in [0, 0.05) is 18.9 Å². The average molecular weight is 281 g/mol. The summed E-state index contributed by atoms with van der Waals surface area (Å²) in [6.45, 7) is 4.82. The van der Waals surface area contributed by atoms with Gasteiger partial charge in [0.25, 0.3) is 0 Å². The molecule has 1 aromatic carbocycles. The number of halogens is 1. The number of hydrogen-bond acceptors (Lipinski definition) is 3. The van der Waals surface area contributed by atoms with Crippen LogP contribution in [0.1, 0.15) is 25.8 Å². The molecule has 3 nitrogen and oxygen atoms in total. The van der Waals surface area contributed by atoms with Gasteiger partial charge in [-0.3, -0.25) is 0 Å². The van der Waals surface area contributed by atoms with Crippen molar-refractivity contribution in [2.24, 2.45) is 5.92 Å². The normalized spacial score (nSPS) is 29.6. The van der Waals surface area contributed by atoms with Crippen LogP contribution in [0.15, 0.2) is 24.3 Å². The molecule has 1 aromatic rings. The summed E-state index contributed by atoms with van der Waals surface area (Å²) in [6, 6.07) is 6.55. The van der Waals surface area contributed by atoms with E-state index in [0.717, 1.165) is 0 Å². The first-order chi connectivity index (χ1) is 9.23. The molecular formula is C16H24FNO2. The van der Waals surface area contributed by atoms with E-state index in [1.807, 2.05) is 32.8 Å². The summed E-state index contributed by atoms with van der Waals surface area (Å²) in [5.74, 6) is -0.139. The van der Waals surface area contributed by atoms with Crippen molar-refractivity contribution in [2.75, 3.05) is 27.2 Å². The van der Waals surface area contributed by atoms with Gasteiger partial charge in [0.15, 0.2) is 0 Å². The summed E-state index contributed by atoms with van der Waals surface area (Å²) in [5.41, 5.74) is -1.44. The fraction of sp³-hybridized carbons (Fsp3) is 0.625. The second-order valence-electron chi connectivity index (χ2n) is 6.62. The van der Waals surface area contributed by atoms with Gasteiger partial charge in [-0.2, -0.15) is 0 Å². The zero-order chi connectivity index (χ0) is 15.0. The Hall–Kier alpha value is -1.13. The van der Waals surface area contributed by atoms with E-state index in [0.29, 0.717) is 25.1 Å². The molecule has 4 heteroatoms. The molecule has 0 bridgehead atoms. The summed E-state index contributed by atoms with van der Waals surface area (Å²) >= 11 is 0. The fourth-order valence-corrected chi connectivity index (χ4v) is 3.01. The van der Waals surface area contributed by atoms with Crippen LogP contribution in [0, 0.1) is 5.92 Å². The molecule has 1 aliphatic rings. The van der Waals surface area contributed by atoms with Gasteiger partial charge in [0.05, 0.1) is 12.2 Å². The van der Waals surface area contributed by atoms with E-state index in [4.69, 9.17) is 4.74 Å². The monoisotopic (exact) mass is 281 g/mol. The van der Waals surface area contributed by atoms with E-state index >= 15 is 4.39 Å². The Morgan fingerprint density at radius 2 is 2.10 bits per heavy atom. The van der Waals surface area contributed by atoms with Gasteiger partial charge in [-0.05, 0) is 45.6 Å². The first kappa shape index (κ1) is 15.3. The zero-order valence-electron chi connectivity index (χ0n) is 12.7. The Morgan fingerprint density at radius 3 is 2.70 bits per heavy atom. The number of phenols is 1. The number of alkyl halides is 1. The average Bonchev–Trinajstić information content (AvgIpc) is 2.32. The molecule has 0 radical (unpaired) electrons. The maximum Gasteiger partial charge on any atom is 0.145 e. The lowest BCUT2D eigenvalue weighted by molar-refractivity contribution is -0.157. The van der Waals surface area contributed by atoms with Crippen molar-refractivity contribution in [3.05, 3.63) is 29.8 Å². The van der Waals surface area contributed by atoms with Crippen molar-refractivity contribution in [2.45, 2.75) is 31.5 Å². The largest absolute Gasteiger partial charge is 0.508 e.